The van der Waals surface area contributed by atoms with Crippen LogP contribution in [0.1, 0.15) is 11.1 Å². The third-order valence-corrected chi connectivity index (χ3v) is 2.96. The van der Waals surface area contributed by atoms with E-state index in [1.54, 1.807) is 30.3 Å². The number of hydrogen-bond acceptors (Lipinski definition) is 3. The highest BCUT2D eigenvalue weighted by Gasteiger charge is 2.07. The van der Waals surface area contributed by atoms with E-state index in [1.807, 2.05) is 0 Å². The highest BCUT2D eigenvalue weighted by Crippen LogP contribution is 2.24. The van der Waals surface area contributed by atoms with Crippen LogP contribution in [0.2, 0.25) is 5.02 Å². The molecule has 6 heteroatoms. The van der Waals surface area contributed by atoms with Crippen molar-refractivity contribution in [2.45, 2.75) is 6.61 Å². The zero-order valence-electron chi connectivity index (χ0n) is 10.4. The number of amidine groups is 1. The average molecular weight is 295 g/mol. The molecule has 0 aliphatic carbocycles. The molecule has 0 saturated carbocycles. The molecule has 0 fully saturated rings. The lowest BCUT2D eigenvalue weighted by Crippen LogP contribution is -2.12. The van der Waals surface area contributed by atoms with Crippen molar-refractivity contribution in [1.29, 1.82) is 0 Å². The van der Waals surface area contributed by atoms with Crippen molar-refractivity contribution >= 4 is 17.4 Å². The summed E-state index contributed by atoms with van der Waals surface area (Å²) >= 11 is 5.66. The molecule has 0 unspecified atom stereocenters. The first-order valence-corrected chi connectivity index (χ1v) is 6.13. The molecular weight excluding hydrogens is 283 g/mol. The summed E-state index contributed by atoms with van der Waals surface area (Å²) in [7, 11) is 0. The fourth-order valence-electron chi connectivity index (χ4n) is 1.59. The maximum Gasteiger partial charge on any atom is 0.183 e. The Morgan fingerprint density at radius 3 is 2.60 bits per heavy atom. The van der Waals surface area contributed by atoms with Crippen molar-refractivity contribution in [1.82, 2.24) is 0 Å². The third kappa shape index (κ3) is 3.19. The number of ether oxygens (including phenoxy) is 1. The molecule has 20 heavy (non-hydrogen) atoms. The fourth-order valence-corrected chi connectivity index (χ4v) is 1.75. The van der Waals surface area contributed by atoms with Gasteiger partial charge in [-0.25, -0.2) is 4.39 Å². The van der Waals surface area contributed by atoms with Gasteiger partial charge in [0.05, 0.1) is 5.02 Å². The summed E-state index contributed by atoms with van der Waals surface area (Å²) < 4.78 is 19.0. The molecule has 4 nitrogen and oxygen atoms in total. The molecule has 2 aromatic carbocycles. The fraction of sp³-hybridized carbons (Fsp3) is 0.0714. The van der Waals surface area contributed by atoms with Crippen LogP contribution in [-0.2, 0) is 6.61 Å². The minimum Gasteiger partial charge on any atom is -0.486 e. The Kier molecular flexibility index (Phi) is 4.42. The molecule has 104 valence electrons. The molecule has 0 saturated heterocycles. The van der Waals surface area contributed by atoms with Gasteiger partial charge in [0.25, 0.3) is 0 Å². The lowest BCUT2D eigenvalue weighted by Gasteiger charge is -2.08. The van der Waals surface area contributed by atoms with E-state index in [-0.39, 0.29) is 23.2 Å². The molecule has 2 aromatic rings. The first-order valence-electron chi connectivity index (χ1n) is 5.75. The van der Waals surface area contributed by atoms with Gasteiger partial charge in [0.1, 0.15) is 6.61 Å². The number of rotatable bonds is 4. The lowest BCUT2D eigenvalue weighted by molar-refractivity contribution is 0.290. The molecule has 0 bridgehead atoms. The van der Waals surface area contributed by atoms with Gasteiger partial charge in [-0.15, -0.1) is 0 Å². The van der Waals surface area contributed by atoms with Gasteiger partial charge in [0, 0.05) is 5.56 Å². The van der Waals surface area contributed by atoms with Crippen LogP contribution in [0.5, 0.6) is 5.75 Å². The maximum absolute atomic E-state index is 13.6. The second-order valence-electron chi connectivity index (χ2n) is 4.02. The van der Waals surface area contributed by atoms with Crippen LogP contribution in [0, 0.1) is 5.82 Å². The van der Waals surface area contributed by atoms with Crippen molar-refractivity contribution in [2.24, 2.45) is 10.9 Å². The van der Waals surface area contributed by atoms with Crippen molar-refractivity contribution in [3.63, 3.8) is 0 Å². The van der Waals surface area contributed by atoms with Crippen molar-refractivity contribution in [3.05, 3.63) is 64.4 Å². The second-order valence-corrected chi connectivity index (χ2v) is 4.43. The van der Waals surface area contributed by atoms with Gasteiger partial charge in [-0.2, -0.15) is 0 Å². The van der Waals surface area contributed by atoms with E-state index in [2.05, 4.69) is 5.16 Å². The van der Waals surface area contributed by atoms with Gasteiger partial charge in [0.15, 0.2) is 17.4 Å². The largest absolute Gasteiger partial charge is 0.486 e. The molecule has 0 spiro atoms. The first kappa shape index (κ1) is 14.1. The van der Waals surface area contributed by atoms with E-state index in [1.165, 1.54) is 12.1 Å². The molecule has 0 radical (unpaired) electrons. The lowest BCUT2D eigenvalue weighted by atomic mass is 10.1. The van der Waals surface area contributed by atoms with Crippen molar-refractivity contribution < 1.29 is 14.3 Å². The summed E-state index contributed by atoms with van der Waals surface area (Å²) in [4.78, 5) is 0. The monoisotopic (exact) mass is 294 g/mol. The molecule has 0 heterocycles. The summed E-state index contributed by atoms with van der Waals surface area (Å²) in [5.41, 5.74) is 6.86. The standard InChI is InChI=1S/C14H12ClFN2O2/c15-11-2-1-3-12(13(11)16)20-8-9-4-6-10(7-5-9)14(17)18-19/h1-7,19H,8H2,(H2,17,18). The average Bonchev–Trinajstić information content (AvgIpc) is 2.48. The molecular formula is C14H12ClFN2O2. The van der Waals surface area contributed by atoms with Crippen LogP contribution in [0.3, 0.4) is 0 Å². The number of halogens is 2. The van der Waals surface area contributed by atoms with Gasteiger partial charge in [0.2, 0.25) is 0 Å². The Morgan fingerprint density at radius 1 is 1.25 bits per heavy atom. The maximum atomic E-state index is 13.6. The predicted molar refractivity (Wildman–Crippen MR) is 74.7 cm³/mol. The summed E-state index contributed by atoms with van der Waals surface area (Å²) in [5, 5.41) is 11.5. The van der Waals surface area contributed by atoms with Crippen LogP contribution in [0.25, 0.3) is 0 Å². The topological polar surface area (TPSA) is 67.8 Å². The molecule has 0 amide bonds. The molecule has 0 atom stereocenters. The number of oxime groups is 1. The van der Waals surface area contributed by atoms with E-state index in [0.717, 1.165) is 5.56 Å². The van der Waals surface area contributed by atoms with Gasteiger partial charge in [-0.3, -0.25) is 0 Å². The summed E-state index contributed by atoms with van der Waals surface area (Å²) in [6.45, 7) is 0.188. The molecule has 0 aromatic heterocycles. The Bertz CT molecular complexity index is 630. The second kappa shape index (κ2) is 6.25. The van der Waals surface area contributed by atoms with Gasteiger partial charge in [-0.05, 0) is 17.7 Å². The number of benzene rings is 2. The highest BCUT2D eigenvalue weighted by molar-refractivity contribution is 6.30. The van der Waals surface area contributed by atoms with Crippen molar-refractivity contribution in [2.75, 3.05) is 0 Å². The first-order chi connectivity index (χ1) is 9.61. The van der Waals surface area contributed by atoms with E-state index in [4.69, 9.17) is 27.3 Å². The SMILES string of the molecule is N/C(=N/O)c1ccc(COc2cccc(Cl)c2F)cc1. The third-order valence-electron chi connectivity index (χ3n) is 2.67. The van der Waals surface area contributed by atoms with E-state index >= 15 is 0 Å². The van der Waals surface area contributed by atoms with Crippen LogP contribution < -0.4 is 10.5 Å². The van der Waals surface area contributed by atoms with Crippen LogP contribution in [0.4, 0.5) is 4.39 Å². The number of nitrogens with zero attached hydrogens (tertiary/aromatic N) is 1. The minimum atomic E-state index is -0.581. The van der Waals surface area contributed by atoms with E-state index < -0.39 is 5.82 Å². The summed E-state index contributed by atoms with van der Waals surface area (Å²) in [5.74, 6) is -0.459. The van der Waals surface area contributed by atoms with Gasteiger partial charge in [-0.1, -0.05) is 47.1 Å². The molecule has 0 aliphatic heterocycles. The molecule has 3 N–H and O–H groups in total. The number of nitrogens with two attached hydrogens (primary N) is 1. The Morgan fingerprint density at radius 2 is 1.95 bits per heavy atom. The van der Waals surface area contributed by atoms with Crippen LogP contribution in [0.15, 0.2) is 47.6 Å². The quantitative estimate of drug-likeness (QED) is 0.394. The normalized spacial score (nSPS) is 11.4. The zero-order chi connectivity index (χ0) is 14.5. The predicted octanol–water partition coefficient (Wildman–Crippen LogP) is 3.15. The molecule has 2 rings (SSSR count). The minimum absolute atomic E-state index is 0.0183. The van der Waals surface area contributed by atoms with Crippen LogP contribution in [-0.4, -0.2) is 11.0 Å². The van der Waals surface area contributed by atoms with Gasteiger partial charge >= 0.3 is 0 Å². The number of hydrogen-bond donors (Lipinski definition) is 2. The smallest absolute Gasteiger partial charge is 0.183 e. The zero-order valence-corrected chi connectivity index (χ0v) is 11.1. The summed E-state index contributed by atoms with van der Waals surface area (Å²) in [6.07, 6.45) is 0. The van der Waals surface area contributed by atoms with Gasteiger partial charge < -0.3 is 15.7 Å². The molecule has 0 aliphatic rings. The Balaban J connectivity index is 2.06. The summed E-state index contributed by atoms with van der Waals surface area (Å²) in [6, 6.07) is 11.4. The van der Waals surface area contributed by atoms with E-state index in [0.29, 0.717) is 5.56 Å². The van der Waals surface area contributed by atoms with E-state index in [9.17, 15) is 4.39 Å². The highest BCUT2D eigenvalue weighted by atomic mass is 35.5. The van der Waals surface area contributed by atoms with Crippen LogP contribution >= 0.6 is 11.6 Å². The Hall–Kier alpha value is -2.27. The Labute approximate surface area is 120 Å². The van der Waals surface area contributed by atoms with Crippen molar-refractivity contribution in [3.8, 4) is 5.75 Å².